The summed E-state index contributed by atoms with van der Waals surface area (Å²) in [6, 6.07) is 1.20. The number of likely N-dealkylation sites (tertiary alicyclic amines) is 1. The first-order valence-electron chi connectivity index (χ1n) is 6.69. The molecule has 0 bridgehead atoms. The van der Waals surface area contributed by atoms with Crippen LogP contribution < -0.4 is 10.6 Å². The van der Waals surface area contributed by atoms with Crippen LogP contribution in [-0.4, -0.2) is 49.6 Å². The fraction of sp³-hybridized carbons (Fsp3) is 0.923. The molecule has 1 rings (SSSR count). The smallest absolute Gasteiger partial charge is 0.221 e. The van der Waals surface area contributed by atoms with E-state index < -0.39 is 0 Å². The molecule has 2 atom stereocenters. The molecule has 1 fully saturated rings. The molecule has 100 valence electrons. The minimum atomic E-state index is 0.158. The Kier molecular flexibility index (Phi) is 5.92. The van der Waals surface area contributed by atoms with Crippen LogP contribution in [0.5, 0.6) is 0 Å². The Morgan fingerprint density at radius 1 is 1.47 bits per heavy atom. The SMILES string of the molecule is CC(C)CNC(=O)CCNC1CC(C)N(C)C1. The summed E-state index contributed by atoms with van der Waals surface area (Å²) in [6.07, 6.45) is 1.77. The number of amides is 1. The second kappa shape index (κ2) is 6.97. The van der Waals surface area contributed by atoms with Gasteiger partial charge >= 0.3 is 0 Å². The van der Waals surface area contributed by atoms with Gasteiger partial charge in [0.25, 0.3) is 0 Å². The number of nitrogens with zero attached hydrogens (tertiary/aromatic N) is 1. The number of hydrogen-bond donors (Lipinski definition) is 2. The lowest BCUT2D eigenvalue weighted by molar-refractivity contribution is -0.121. The highest BCUT2D eigenvalue weighted by Crippen LogP contribution is 2.14. The lowest BCUT2D eigenvalue weighted by atomic mass is 10.2. The van der Waals surface area contributed by atoms with Crippen LogP contribution in [0.2, 0.25) is 0 Å². The van der Waals surface area contributed by atoms with Gasteiger partial charge in [0.2, 0.25) is 5.91 Å². The standard InChI is InChI=1S/C13H27N3O/c1-10(2)8-15-13(17)5-6-14-12-7-11(3)16(4)9-12/h10-12,14H,5-9H2,1-4H3,(H,15,17). The maximum atomic E-state index is 11.5. The first-order chi connectivity index (χ1) is 7.99. The molecule has 0 aromatic carbocycles. The summed E-state index contributed by atoms with van der Waals surface area (Å²) in [6.45, 7) is 9.12. The molecule has 1 heterocycles. The highest BCUT2D eigenvalue weighted by atomic mass is 16.1. The minimum Gasteiger partial charge on any atom is -0.356 e. The zero-order chi connectivity index (χ0) is 12.8. The van der Waals surface area contributed by atoms with Gasteiger partial charge in [-0.1, -0.05) is 13.8 Å². The van der Waals surface area contributed by atoms with Gasteiger partial charge in [-0.05, 0) is 26.3 Å². The molecule has 2 unspecified atom stereocenters. The van der Waals surface area contributed by atoms with Gasteiger partial charge in [0.1, 0.15) is 0 Å². The molecule has 0 aromatic heterocycles. The predicted molar refractivity (Wildman–Crippen MR) is 71.0 cm³/mol. The average molecular weight is 241 g/mol. The van der Waals surface area contributed by atoms with E-state index in [1.54, 1.807) is 0 Å². The van der Waals surface area contributed by atoms with Gasteiger partial charge in [-0.15, -0.1) is 0 Å². The van der Waals surface area contributed by atoms with Crippen LogP contribution in [0.1, 0.15) is 33.6 Å². The molecule has 4 heteroatoms. The van der Waals surface area contributed by atoms with Crippen molar-refractivity contribution in [3.05, 3.63) is 0 Å². The van der Waals surface area contributed by atoms with E-state index in [4.69, 9.17) is 0 Å². The van der Waals surface area contributed by atoms with Crippen molar-refractivity contribution >= 4 is 5.91 Å². The Balaban J connectivity index is 2.06. The van der Waals surface area contributed by atoms with Crippen molar-refractivity contribution in [1.29, 1.82) is 0 Å². The Bertz CT molecular complexity index is 233. The summed E-state index contributed by atoms with van der Waals surface area (Å²) >= 11 is 0. The quantitative estimate of drug-likeness (QED) is 0.724. The van der Waals surface area contributed by atoms with Crippen LogP contribution in [0, 0.1) is 5.92 Å². The number of rotatable bonds is 6. The third-order valence-electron chi connectivity index (χ3n) is 3.38. The number of hydrogen-bond acceptors (Lipinski definition) is 3. The van der Waals surface area contributed by atoms with Crippen LogP contribution in [0.3, 0.4) is 0 Å². The maximum absolute atomic E-state index is 11.5. The summed E-state index contributed by atoms with van der Waals surface area (Å²) in [7, 11) is 2.15. The fourth-order valence-corrected chi connectivity index (χ4v) is 2.14. The monoisotopic (exact) mass is 241 g/mol. The van der Waals surface area contributed by atoms with E-state index in [0.717, 1.165) is 19.6 Å². The Morgan fingerprint density at radius 3 is 2.71 bits per heavy atom. The lowest BCUT2D eigenvalue weighted by Crippen LogP contribution is -2.35. The summed E-state index contributed by atoms with van der Waals surface area (Å²) < 4.78 is 0. The van der Waals surface area contributed by atoms with Crippen molar-refractivity contribution in [3.63, 3.8) is 0 Å². The van der Waals surface area contributed by atoms with Crippen LogP contribution in [0.25, 0.3) is 0 Å². The average Bonchev–Trinajstić information content (AvgIpc) is 2.55. The van der Waals surface area contributed by atoms with Crippen LogP contribution in [-0.2, 0) is 4.79 Å². The number of carbonyl (C=O) groups excluding carboxylic acids is 1. The Morgan fingerprint density at radius 2 is 2.18 bits per heavy atom. The number of likely N-dealkylation sites (N-methyl/N-ethyl adjacent to an activating group) is 1. The van der Waals surface area contributed by atoms with Crippen molar-refractivity contribution in [2.75, 3.05) is 26.7 Å². The fourth-order valence-electron chi connectivity index (χ4n) is 2.14. The van der Waals surface area contributed by atoms with Gasteiger partial charge in [0.15, 0.2) is 0 Å². The van der Waals surface area contributed by atoms with Gasteiger partial charge in [-0.25, -0.2) is 0 Å². The van der Waals surface area contributed by atoms with Crippen LogP contribution in [0.4, 0.5) is 0 Å². The van der Waals surface area contributed by atoms with E-state index in [0.29, 0.717) is 24.4 Å². The normalized spacial score (nSPS) is 25.5. The molecule has 0 spiro atoms. The maximum Gasteiger partial charge on any atom is 0.221 e. The second-order valence-corrected chi connectivity index (χ2v) is 5.62. The van der Waals surface area contributed by atoms with Crippen LogP contribution in [0.15, 0.2) is 0 Å². The molecule has 0 aromatic rings. The molecule has 1 aliphatic heterocycles. The van der Waals surface area contributed by atoms with E-state index in [1.165, 1.54) is 6.42 Å². The van der Waals surface area contributed by atoms with E-state index in [1.807, 2.05) is 0 Å². The molecule has 0 radical (unpaired) electrons. The Labute approximate surface area is 105 Å². The van der Waals surface area contributed by atoms with E-state index in [9.17, 15) is 4.79 Å². The van der Waals surface area contributed by atoms with E-state index in [2.05, 4.69) is 43.4 Å². The molecule has 0 aliphatic carbocycles. The first kappa shape index (κ1) is 14.5. The highest BCUT2D eigenvalue weighted by Gasteiger charge is 2.25. The molecule has 1 amide bonds. The number of carbonyl (C=O) groups is 1. The third-order valence-corrected chi connectivity index (χ3v) is 3.38. The van der Waals surface area contributed by atoms with Crippen molar-refractivity contribution < 1.29 is 4.79 Å². The first-order valence-corrected chi connectivity index (χ1v) is 6.69. The summed E-state index contributed by atoms with van der Waals surface area (Å²) in [5.74, 6) is 0.682. The van der Waals surface area contributed by atoms with Gasteiger partial charge in [0.05, 0.1) is 0 Å². The molecule has 2 N–H and O–H groups in total. The van der Waals surface area contributed by atoms with E-state index >= 15 is 0 Å². The van der Waals surface area contributed by atoms with Crippen LogP contribution >= 0.6 is 0 Å². The van der Waals surface area contributed by atoms with Crippen molar-refractivity contribution in [3.8, 4) is 0 Å². The van der Waals surface area contributed by atoms with Crippen molar-refractivity contribution in [1.82, 2.24) is 15.5 Å². The molecule has 1 saturated heterocycles. The zero-order valence-electron chi connectivity index (χ0n) is 11.6. The van der Waals surface area contributed by atoms with Gasteiger partial charge < -0.3 is 15.5 Å². The third kappa shape index (κ3) is 5.50. The largest absolute Gasteiger partial charge is 0.356 e. The summed E-state index contributed by atoms with van der Waals surface area (Å²) in [5.41, 5.74) is 0. The molecule has 0 saturated carbocycles. The van der Waals surface area contributed by atoms with Gasteiger partial charge in [-0.2, -0.15) is 0 Å². The van der Waals surface area contributed by atoms with Crippen molar-refractivity contribution in [2.45, 2.75) is 45.7 Å². The lowest BCUT2D eigenvalue weighted by Gasteiger charge is -2.13. The minimum absolute atomic E-state index is 0.158. The number of nitrogens with one attached hydrogen (secondary N) is 2. The molecule has 17 heavy (non-hydrogen) atoms. The van der Waals surface area contributed by atoms with Gasteiger partial charge in [-0.3, -0.25) is 4.79 Å². The predicted octanol–water partition coefficient (Wildman–Crippen LogP) is 0.831. The molecule has 4 nitrogen and oxygen atoms in total. The summed E-state index contributed by atoms with van der Waals surface area (Å²) in [4.78, 5) is 13.8. The zero-order valence-corrected chi connectivity index (χ0v) is 11.6. The molecule has 1 aliphatic rings. The van der Waals surface area contributed by atoms with Crippen molar-refractivity contribution in [2.24, 2.45) is 5.92 Å². The molecular weight excluding hydrogens is 214 g/mol. The highest BCUT2D eigenvalue weighted by molar-refractivity contribution is 5.76. The molecular formula is C13H27N3O. The Hall–Kier alpha value is -0.610. The summed E-state index contributed by atoms with van der Waals surface area (Å²) in [5, 5.41) is 6.39. The van der Waals surface area contributed by atoms with Gasteiger partial charge in [0, 0.05) is 38.1 Å². The topological polar surface area (TPSA) is 44.4 Å². The second-order valence-electron chi connectivity index (χ2n) is 5.62. The van der Waals surface area contributed by atoms with E-state index in [-0.39, 0.29) is 5.91 Å².